The number of pyridine rings is 1. The molecule has 0 saturated carbocycles. The van der Waals surface area contributed by atoms with E-state index >= 15 is 0 Å². The highest BCUT2D eigenvalue weighted by atomic mass is 19.2. The Kier molecular flexibility index (Phi) is 4.49. The van der Waals surface area contributed by atoms with Gasteiger partial charge in [0.25, 0.3) is 0 Å². The number of hydrogen-bond donors (Lipinski definition) is 1. The molecule has 4 nitrogen and oxygen atoms in total. The minimum Gasteiger partial charge on any atom is -0.468 e. The normalized spacial score (nSPS) is 12.8. The molecule has 3 rings (SSSR count). The molecular formula is C18H19F2N3O. The molecule has 0 radical (unpaired) electrons. The van der Waals surface area contributed by atoms with Crippen molar-refractivity contribution >= 4 is 16.6 Å². The number of aromatic nitrogens is 1. The fraction of sp³-hybridized carbons (Fsp3) is 0.278. The Bertz CT molecular complexity index is 847. The van der Waals surface area contributed by atoms with E-state index in [9.17, 15) is 8.78 Å². The number of furan rings is 1. The summed E-state index contributed by atoms with van der Waals surface area (Å²) in [5.41, 5.74) is 1.38. The van der Waals surface area contributed by atoms with E-state index in [0.29, 0.717) is 17.6 Å². The molecule has 1 atom stereocenters. The number of benzene rings is 1. The number of anilines is 1. The largest absolute Gasteiger partial charge is 0.468 e. The monoisotopic (exact) mass is 331 g/mol. The molecule has 126 valence electrons. The third kappa shape index (κ3) is 3.10. The van der Waals surface area contributed by atoms with Gasteiger partial charge in [0.1, 0.15) is 11.3 Å². The third-order valence-corrected chi connectivity index (χ3v) is 3.98. The van der Waals surface area contributed by atoms with Crippen molar-refractivity contribution < 1.29 is 13.2 Å². The van der Waals surface area contributed by atoms with E-state index < -0.39 is 11.6 Å². The molecule has 1 N–H and O–H groups in total. The molecule has 3 aromatic rings. The SMILES string of the molecule is Cc1cc(NCC(c2ccco2)N(C)C)c2ccc(F)c(F)c2n1. The van der Waals surface area contributed by atoms with E-state index in [1.165, 1.54) is 0 Å². The number of rotatable bonds is 5. The van der Waals surface area contributed by atoms with Gasteiger partial charge >= 0.3 is 0 Å². The number of halogens is 2. The zero-order valence-corrected chi connectivity index (χ0v) is 13.8. The fourth-order valence-electron chi connectivity index (χ4n) is 2.73. The van der Waals surface area contributed by atoms with Crippen LogP contribution in [0.15, 0.2) is 41.0 Å². The Morgan fingerprint density at radius 2 is 2.04 bits per heavy atom. The Balaban J connectivity index is 1.94. The summed E-state index contributed by atoms with van der Waals surface area (Å²) in [4.78, 5) is 6.15. The molecule has 6 heteroatoms. The number of likely N-dealkylation sites (N-methyl/N-ethyl adjacent to an activating group) is 1. The van der Waals surface area contributed by atoms with Crippen LogP contribution < -0.4 is 5.32 Å². The van der Waals surface area contributed by atoms with E-state index in [4.69, 9.17) is 4.42 Å². The molecule has 1 aromatic carbocycles. The average molecular weight is 331 g/mol. The van der Waals surface area contributed by atoms with Crippen molar-refractivity contribution in [2.75, 3.05) is 26.0 Å². The molecule has 1 unspecified atom stereocenters. The highest BCUT2D eigenvalue weighted by Crippen LogP contribution is 2.28. The Morgan fingerprint density at radius 1 is 1.25 bits per heavy atom. The Hall–Kier alpha value is -2.47. The van der Waals surface area contributed by atoms with Crippen molar-refractivity contribution in [3.05, 3.63) is 59.7 Å². The van der Waals surface area contributed by atoms with Crippen molar-refractivity contribution in [2.45, 2.75) is 13.0 Å². The van der Waals surface area contributed by atoms with Crippen LogP contribution in [0.5, 0.6) is 0 Å². The minimum absolute atomic E-state index is 0.00816. The number of nitrogens with zero attached hydrogens (tertiary/aromatic N) is 2. The lowest BCUT2D eigenvalue weighted by Crippen LogP contribution is -2.26. The lowest BCUT2D eigenvalue weighted by atomic mass is 10.1. The van der Waals surface area contributed by atoms with E-state index in [-0.39, 0.29) is 11.6 Å². The summed E-state index contributed by atoms with van der Waals surface area (Å²) >= 11 is 0. The van der Waals surface area contributed by atoms with Crippen LogP contribution in [-0.2, 0) is 0 Å². The van der Waals surface area contributed by atoms with E-state index in [2.05, 4.69) is 10.3 Å². The molecule has 0 fully saturated rings. The van der Waals surface area contributed by atoms with Gasteiger partial charge in [-0.1, -0.05) is 0 Å². The third-order valence-electron chi connectivity index (χ3n) is 3.98. The van der Waals surface area contributed by atoms with Gasteiger partial charge in [-0.15, -0.1) is 0 Å². The highest BCUT2D eigenvalue weighted by molar-refractivity contribution is 5.91. The first-order valence-electron chi connectivity index (χ1n) is 7.66. The standard InChI is InChI=1S/C18H19F2N3O/c1-11-9-14(12-6-7-13(19)17(20)18(12)22-11)21-10-15(23(2)3)16-5-4-8-24-16/h4-9,15H,10H2,1-3H3,(H,21,22). The first-order chi connectivity index (χ1) is 11.5. The first-order valence-corrected chi connectivity index (χ1v) is 7.66. The van der Waals surface area contributed by atoms with Gasteiger partial charge in [-0.2, -0.15) is 0 Å². The van der Waals surface area contributed by atoms with Gasteiger partial charge in [0.15, 0.2) is 11.6 Å². The highest BCUT2D eigenvalue weighted by Gasteiger charge is 2.18. The average Bonchev–Trinajstić information content (AvgIpc) is 3.05. The van der Waals surface area contributed by atoms with Gasteiger partial charge in [0.2, 0.25) is 0 Å². The van der Waals surface area contributed by atoms with E-state index in [0.717, 1.165) is 17.5 Å². The van der Waals surface area contributed by atoms with Crippen LogP contribution in [0.2, 0.25) is 0 Å². The second-order valence-corrected chi connectivity index (χ2v) is 5.94. The van der Waals surface area contributed by atoms with E-state index in [1.807, 2.05) is 37.2 Å². The maximum Gasteiger partial charge on any atom is 0.185 e. The quantitative estimate of drug-likeness (QED) is 0.763. The maximum absolute atomic E-state index is 14.0. The summed E-state index contributed by atoms with van der Waals surface area (Å²) in [5.74, 6) is -0.984. The van der Waals surface area contributed by atoms with Crippen LogP contribution in [-0.4, -0.2) is 30.5 Å². The summed E-state index contributed by atoms with van der Waals surface area (Å²) < 4.78 is 33.0. The molecule has 24 heavy (non-hydrogen) atoms. The van der Waals surface area contributed by atoms with Gasteiger partial charge < -0.3 is 9.73 Å². The predicted molar refractivity (Wildman–Crippen MR) is 90.0 cm³/mol. The Morgan fingerprint density at radius 3 is 2.71 bits per heavy atom. The molecule has 0 saturated heterocycles. The fourth-order valence-corrected chi connectivity index (χ4v) is 2.73. The molecule has 2 heterocycles. The van der Waals surface area contributed by atoms with Gasteiger partial charge in [-0.05, 0) is 51.4 Å². The van der Waals surface area contributed by atoms with Crippen LogP contribution in [0.25, 0.3) is 10.9 Å². The molecule has 0 bridgehead atoms. The second kappa shape index (κ2) is 6.57. The second-order valence-electron chi connectivity index (χ2n) is 5.94. The van der Waals surface area contributed by atoms with Crippen molar-refractivity contribution in [2.24, 2.45) is 0 Å². The van der Waals surface area contributed by atoms with Gasteiger partial charge in [-0.3, -0.25) is 4.90 Å². The van der Waals surface area contributed by atoms with Crippen LogP contribution in [0.3, 0.4) is 0 Å². The van der Waals surface area contributed by atoms with Crippen LogP contribution >= 0.6 is 0 Å². The first kappa shape index (κ1) is 16.4. The molecule has 2 aromatic heterocycles. The van der Waals surface area contributed by atoms with Crippen LogP contribution in [0.4, 0.5) is 14.5 Å². The summed E-state index contributed by atoms with van der Waals surface area (Å²) in [6.07, 6.45) is 1.63. The summed E-state index contributed by atoms with van der Waals surface area (Å²) in [5, 5.41) is 3.87. The molecule has 0 aliphatic carbocycles. The lowest BCUT2D eigenvalue weighted by Gasteiger charge is -2.23. The summed E-state index contributed by atoms with van der Waals surface area (Å²) in [7, 11) is 3.92. The van der Waals surface area contributed by atoms with Crippen molar-refractivity contribution in [3.63, 3.8) is 0 Å². The smallest absolute Gasteiger partial charge is 0.185 e. The van der Waals surface area contributed by atoms with Gasteiger partial charge in [0.05, 0.1) is 12.3 Å². The summed E-state index contributed by atoms with van der Waals surface area (Å²) in [6, 6.07) is 8.26. The van der Waals surface area contributed by atoms with Gasteiger partial charge in [-0.25, -0.2) is 13.8 Å². The molecule has 0 aliphatic rings. The zero-order valence-electron chi connectivity index (χ0n) is 13.8. The number of nitrogens with one attached hydrogen (secondary N) is 1. The molecular weight excluding hydrogens is 312 g/mol. The number of hydrogen-bond acceptors (Lipinski definition) is 4. The van der Waals surface area contributed by atoms with Gasteiger partial charge in [0, 0.05) is 23.3 Å². The zero-order chi connectivity index (χ0) is 17.3. The van der Waals surface area contributed by atoms with Crippen LogP contribution in [0.1, 0.15) is 17.5 Å². The minimum atomic E-state index is -0.922. The topological polar surface area (TPSA) is 41.3 Å². The molecule has 0 amide bonds. The predicted octanol–water partition coefficient (Wildman–Crippen LogP) is 4.13. The number of aryl methyl sites for hydroxylation is 1. The Labute approximate surface area is 139 Å². The van der Waals surface area contributed by atoms with Crippen molar-refractivity contribution in [3.8, 4) is 0 Å². The lowest BCUT2D eigenvalue weighted by molar-refractivity contribution is 0.269. The van der Waals surface area contributed by atoms with Crippen molar-refractivity contribution in [1.29, 1.82) is 0 Å². The molecule has 0 spiro atoms. The summed E-state index contributed by atoms with van der Waals surface area (Å²) in [6.45, 7) is 2.31. The van der Waals surface area contributed by atoms with E-state index in [1.54, 1.807) is 19.3 Å². The number of fused-ring (bicyclic) bond motifs is 1. The van der Waals surface area contributed by atoms with Crippen molar-refractivity contribution in [1.82, 2.24) is 9.88 Å². The van der Waals surface area contributed by atoms with Crippen LogP contribution in [0, 0.1) is 18.6 Å². The maximum atomic E-state index is 14.0. The molecule has 0 aliphatic heterocycles.